The summed E-state index contributed by atoms with van der Waals surface area (Å²) in [5.41, 5.74) is 16.4. The standard InChI is InChI=1S/C54H41N3/c1-38-12-8-23-51(37-55-36-38)49-21-11-22-50(34-49)54-56-52(43-28-24-41(25-29-43)47-19-9-17-45(32-47)39-13-4-2-5-14-39)35-53(57-54)44-30-26-42(27-31-44)48-20-10-18-46(33-48)40-15-6-3-7-16-40/h2-11,13-38H,12H2,1H3. The van der Waals surface area contributed by atoms with E-state index in [1.807, 2.05) is 12.4 Å². The van der Waals surface area contributed by atoms with Crippen LogP contribution in [0.5, 0.6) is 0 Å². The highest BCUT2D eigenvalue weighted by molar-refractivity contribution is 5.81. The molecule has 57 heavy (non-hydrogen) atoms. The van der Waals surface area contributed by atoms with Crippen LogP contribution >= 0.6 is 0 Å². The average Bonchev–Trinajstić information content (AvgIpc) is 3.28. The Balaban J connectivity index is 1.09. The van der Waals surface area contributed by atoms with Gasteiger partial charge in [-0.15, -0.1) is 0 Å². The third-order valence-corrected chi connectivity index (χ3v) is 10.5. The van der Waals surface area contributed by atoms with Crippen LogP contribution in [0.2, 0.25) is 0 Å². The maximum absolute atomic E-state index is 5.21. The second-order valence-electron chi connectivity index (χ2n) is 14.6. The first-order chi connectivity index (χ1) is 28.1. The second-order valence-corrected chi connectivity index (χ2v) is 14.6. The van der Waals surface area contributed by atoms with E-state index < -0.39 is 0 Å². The Morgan fingerprint density at radius 3 is 1.30 bits per heavy atom. The van der Waals surface area contributed by atoms with Crippen LogP contribution in [0.25, 0.3) is 84.0 Å². The molecule has 7 aromatic carbocycles. The summed E-state index contributed by atoms with van der Waals surface area (Å²) in [4.78, 5) is 15.0. The lowest BCUT2D eigenvalue weighted by molar-refractivity contribution is 0.807. The number of rotatable bonds is 8. The molecule has 0 saturated heterocycles. The van der Waals surface area contributed by atoms with Crippen molar-refractivity contribution in [3.63, 3.8) is 0 Å². The van der Waals surface area contributed by atoms with Crippen molar-refractivity contribution in [2.45, 2.75) is 13.3 Å². The fourth-order valence-electron chi connectivity index (χ4n) is 7.35. The normalized spacial score (nSPS) is 13.8. The molecule has 1 aliphatic heterocycles. The summed E-state index contributed by atoms with van der Waals surface area (Å²) in [6.07, 6.45) is 9.32. The van der Waals surface area contributed by atoms with Gasteiger partial charge in [0.2, 0.25) is 0 Å². The minimum atomic E-state index is 0.419. The molecule has 0 spiro atoms. The highest BCUT2D eigenvalue weighted by atomic mass is 14.9. The number of allylic oxidation sites excluding steroid dienone is 3. The Hall–Kier alpha value is -7.23. The predicted molar refractivity (Wildman–Crippen MR) is 239 cm³/mol. The molecule has 1 unspecified atom stereocenters. The Morgan fingerprint density at radius 1 is 0.386 bits per heavy atom. The van der Waals surface area contributed by atoms with Gasteiger partial charge in [-0.1, -0.05) is 183 Å². The van der Waals surface area contributed by atoms with Crippen LogP contribution in [0.4, 0.5) is 0 Å². The number of aliphatic imine (C=N–C) groups is 1. The zero-order chi connectivity index (χ0) is 38.4. The van der Waals surface area contributed by atoms with E-state index in [0.29, 0.717) is 11.7 Å². The van der Waals surface area contributed by atoms with Crippen LogP contribution in [-0.2, 0) is 0 Å². The van der Waals surface area contributed by atoms with E-state index in [0.717, 1.165) is 56.8 Å². The molecule has 2 heterocycles. The summed E-state index contributed by atoms with van der Waals surface area (Å²) in [5, 5.41) is 0. The van der Waals surface area contributed by atoms with E-state index in [-0.39, 0.29) is 0 Å². The second kappa shape index (κ2) is 16.2. The van der Waals surface area contributed by atoms with Crippen LogP contribution < -0.4 is 0 Å². The smallest absolute Gasteiger partial charge is 0.160 e. The first-order valence-electron chi connectivity index (χ1n) is 19.6. The molecule has 0 radical (unpaired) electrons. The minimum Gasteiger partial charge on any atom is -0.268 e. The van der Waals surface area contributed by atoms with Gasteiger partial charge in [0.25, 0.3) is 0 Å². The molecule has 3 nitrogen and oxygen atoms in total. The van der Waals surface area contributed by atoms with Gasteiger partial charge in [-0.05, 0) is 92.2 Å². The fourth-order valence-corrected chi connectivity index (χ4v) is 7.35. The van der Waals surface area contributed by atoms with Crippen LogP contribution in [-0.4, -0.2) is 16.2 Å². The van der Waals surface area contributed by atoms with Gasteiger partial charge in [-0.3, -0.25) is 4.99 Å². The van der Waals surface area contributed by atoms with Gasteiger partial charge < -0.3 is 0 Å². The van der Waals surface area contributed by atoms with E-state index in [4.69, 9.17) is 9.97 Å². The largest absolute Gasteiger partial charge is 0.268 e. The molecule has 1 atom stereocenters. The first kappa shape index (κ1) is 35.5. The molecule has 0 amide bonds. The van der Waals surface area contributed by atoms with E-state index in [1.54, 1.807) is 0 Å². The van der Waals surface area contributed by atoms with Crippen LogP contribution in [0.15, 0.2) is 211 Å². The van der Waals surface area contributed by atoms with Crippen molar-refractivity contribution >= 4 is 11.8 Å². The third kappa shape index (κ3) is 8.10. The molecule has 9 rings (SSSR count). The maximum Gasteiger partial charge on any atom is 0.160 e. The lowest BCUT2D eigenvalue weighted by Crippen LogP contribution is -1.97. The Bertz CT molecular complexity index is 2600. The van der Waals surface area contributed by atoms with Crippen molar-refractivity contribution < 1.29 is 0 Å². The predicted octanol–water partition coefficient (Wildman–Crippen LogP) is 14.2. The summed E-state index contributed by atoms with van der Waals surface area (Å²) >= 11 is 0. The fraction of sp³-hybridized carbons (Fsp3) is 0.0556. The zero-order valence-corrected chi connectivity index (χ0v) is 31.8. The summed E-state index contributed by atoms with van der Waals surface area (Å²) in [5.74, 6) is 1.10. The summed E-state index contributed by atoms with van der Waals surface area (Å²) < 4.78 is 0. The number of nitrogens with zero attached hydrogens (tertiary/aromatic N) is 3. The number of hydrogen-bond donors (Lipinski definition) is 0. The summed E-state index contributed by atoms with van der Waals surface area (Å²) in [6.45, 7) is 2.18. The first-order valence-corrected chi connectivity index (χ1v) is 19.6. The molecule has 0 fully saturated rings. The zero-order valence-electron chi connectivity index (χ0n) is 31.8. The van der Waals surface area contributed by atoms with Crippen molar-refractivity contribution in [1.82, 2.24) is 9.97 Å². The lowest BCUT2D eigenvalue weighted by Gasteiger charge is -2.12. The van der Waals surface area contributed by atoms with Gasteiger partial charge in [0.05, 0.1) is 11.4 Å². The van der Waals surface area contributed by atoms with E-state index in [2.05, 4.69) is 212 Å². The van der Waals surface area contributed by atoms with Gasteiger partial charge in [0.15, 0.2) is 5.82 Å². The molecular weight excluding hydrogens is 691 g/mol. The van der Waals surface area contributed by atoms with E-state index >= 15 is 0 Å². The molecule has 0 bridgehead atoms. The van der Waals surface area contributed by atoms with Gasteiger partial charge in [0, 0.05) is 29.1 Å². The molecule has 0 N–H and O–H groups in total. The highest BCUT2D eigenvalue weighted by Gasteiger charge is 2.14. The molecular formula is C54H41N3. The summed E-state index contributed by atoms with van der Waals surface area (Å²) in [7, 11) is 0. The molecule has 8 aromatic rings. The molecule has 0 aliphatic carbocycles. The third-order valence-electron chi connectivity index (χ3n) is 10.5. The minimum absolute atomic E-state index is 0.419. The van der Waals surface area contributed by atoms with Crippen molar-refractivity contribution in [2.24, 2.45) is 10.9 Å². The molecule has 272 valence electrons. The number of hydrogen-bond acceptors (Lipinski definition) is 3. The van der Waals surface area contributed by atoms with Crippen LogP contribution in [0, 0.1) is 5.92 Å². The van der Waals surface area contributed by atoms with Crippen molar-refractivity contribution in [3.8, 4) is 78.4 Å². The Labute approximate surface area is 335 Å². The monoisotopic (exact) mass is 731 g/mol. The molecule has 3 heteroatoms. The molecule has 0 saturated carbocycles. The Kier molecular flexibility index (Phi) is 10.1. The van der Waals surface area contributed by atoms with Crippen molar-refractivity contribution in [3.05, 3.63) is 212 Å². The van der Waals surface area contributed by atoms with Gasteiger partial charge in [-0.25, -0.2) is 9.97 Å². The van der Waals surface area contributed by atoms with Gasteiger partial charge >= 0.3 is 0 Å². The van der Waals surface area contributed by atoms with Crippen molar-refractivity contribution in [1.29, 1.82) is 0 Å². The quantitative estimate of drug-likeness (QED) is 0.156. The lowest BCUT2D eigenvalue weighted by atomic mass is 9.97. The molecule has 1 aliphatic rings. The highest BCUT2D eigenvalue weighted by Crippen LogP contribution is 2.33. The number of aromatic nitrogens is 2. The molecule has 1 aromatic heterocycles. The van der Waals surface area contributed by atoms with Gasteiger partial charge in [-0.2, -0.15) is 0 Å². The van der Waals surface area contributed by atoms with Crippen molar-refractivity contribution in [2.75, 3.05) is 0 Å². The van der Waals surface area contributed by atoms with Gasteiger partial charge in [0.1, 0.15) is 0 Å². The Morgan fingerprint density at radius 2 is 0.789 bits per heavy atom. The summed E-state index contributed by atoms with van der Waals surface area (Å²) in [6, 6.07) is 66.5. The van der Waals surface area contributed by atoms with Crippen LogP contribution in [0.1, 0.15) is 18.9 Å². The van der Waals surface area contributed by atoms with E-state index in [9.17, 15) is 0 Å². The SMILES string of the molecule is CC1C=NC=C(c2cccc(-c3nc(-c4ccc(-c5cccc(-c6ccccc6)c5)cc4)cc(-c4ccc(-c5cccc(-c6ccccc6)c5)cc4)n3)c2)C=CC1. The number of benzene rings is 7. The maximum atomic E-state index is 5.21. The van der Waals surface area contributed by atoms with Crippen LogP contribution in [0.3, 0.4) is 0 Å². The van der Waals surface area contributed by atoms with E-state index in [1.165, 1.54) is 33.4 Å². The topological polar surface area (TPSA) is 38.1 Å². The average molecular weight is 732 g/mol.